The van der Waals surface area contributed by atoms with E-state index in [9.17, 15) is 4.79 Å². The summed E-state index contributed by atoms with van der Waals surface area (Å²) in [5.41, 5.74) is 2.62. The highest BCUT2D eigenvalue weighted by Gasteiger charge is 2.44. The minimum Gasteiger partial charge on any atom is -0.492 e. The summed E-state index contributed by atoms with van der Waals surface area (Å²) in [5.74, 6) is 8.67. The van der Waals surface area contributed by atoms with E-state index in [1.54, 1.807) is 12.3 Å². The van der Waals surface area contributed by atoms with E-state index >= 15 is 0 Å². The molecule has 10 nitrogen and oxygen atoms in total. The van der Waals surface area contributed by atoms with Gasteiger partial charge in [-0.05, 0) is 49.4 Å². The Morgan fingerprint density at radius 3 is 2.51 bits per heavy atom. The molecule has 10 heteroatoms. The number of hydrogen-bond acceptors (Lipinski definition) is 7. The third-order valence-corrected chi connectivity index (χ3v) is 7.40. The molecule has 2 N–H and O–H groups in total. The van der Waals surface area contributed by atoms with Crippen molar-refractivity contribution in [2.75, 3.05) is 50.1 Å². The van der Waals surface area contributed by atoms with E-state index in [0.29, 0.717) is 35.1 Å². The van der Waals surface area contributed by atoms with Crippen molar-refractivity contribution in [3.8, 4) is 17.6 Å². The van der Waals surface area contributed by atoms with Gasteiger partial charge in [-0.15, -0.1) is 0 Å². The van der Waals surface area contributed by atoms with Gasteiger partial charge in [-0.3, -0.25) is 15.5 Å². The number of anilines is 2. The second-order valence-electron chi connectivity index (χ2n) is 11.9. The fraction of sp³-hybridized carbons (Fsp3) is 0.387. The smallest absolute Gasteiger partial charge is 0.326 e. The monoisotopic (exact) mass is 554 g/mol. The molecule has 1 spiro atoms. The molecule has 212 valence electrons. The first-order valence-electron chi connectivity index (χ1n) is 13.8. The van der Waals surface area contributed by atoms with Gasteiger partial charge in [0.1, 0.15) is 23.8 Å². The van der Waals surface area contributed by atoms with Gasteiger partial charge in [0.05, 0.1) is 19.4 Å². The molecule has 6 rings (SSSR count). The molecule has 0 unspecified atom stereocenters. The van der Waals surface area contributed by atoms with Crippen molar-refractivity contribution in [1.82, 2.24) is 19.4 Å². The summed E-state index contributed by atoms with van der Waals surface area (Å²) in [4.78, 5) is 19.3. The predicted octanol–water partition coefficient (Wildman–Crippen LogP) is 4.76. The van der Waals surface area contributed by atoms with Crippen molar-refractivity contribution in [2.45, 2.75) is 32.6 Å². The predicted molar refractivity (Wildman–Crippen MR) is 155 cm³/mol. The number of imidazole rings is 1. The Bertz CT molecular complexity index is 1600. The number of pyridine rings is 1. The van der Waals surface area contributed by atoms with Gasteiger partial charge in [-0.2, -0.15) is 0 Å². The van der Waals surface area contributed by atoms with Crippen LogP contribution in [0.4, 0.5) is 16.4 Å². The second kappa shape index (κ2) is 10.9. The fourth-order valence-electron chi connectivity index (χ4n) is 4.99. The Hall–Kier alpha value is -4.33. The third-order valence-electron chi connectivity index (χ3n) is 7.40. The maximum atomic E-state index is 12.4. The summed E-state index contributed by atoms with van der Waals surface area (Å²) in [6.45, 7) is 11.7. The molecular formula is C31H34N6O4. The number of rotatable bonds is 6. The zero-order valence-electron chi connectivity index (χ0n) is 23.6. The Kier molecular flexibility index (Phi) is 7.15. The number of carbonyl (C=O) groups excluding carboxylic acids is 1. The van der Waals surface area contributed by atoms with Gasteiger partial charge in [-0.25, -0.2) is 9.78 Å². The molecule has 2 aliphatic heterocycles. The van der Waals surface area contributed by atoms with Crippen molar-refractivity contribution in [2.24, 2.45) is 5.41 Å². The van der Waals surface area contributed by atoms with Crippen LogP contribution in [0.15, 0.2) is 59.4 Å². The van der Waals surface area contributed by atoms with Crippen LogP contribution in [0, 0.1) is 17.3 Å². The van der Waals surface area contributed by atoms with Gasteiger partial charge >= 0.3 is 6.03 Å². The van der Waals surface area contributed by atoms with Crippen LogP contribution < -0.4 is 15.4 Å². The van der Waals surface area contributed by atoms with Crippen molar-refractivity contribution < 1.29 is 18.8 Å². The minimum absolute atomic E-state index is 0.202. The molecule has 0 bridgehead atoms. The summed E-state index contributed by atoms with van der Waals surface area (Å²) in [6, 6.07) is 12.9. The first kappa shape index (κ1) is 26.9. The number of fused-ring (bicyclic) bond motifs is 1. The molecule has 2 aliphatic rings. The summed E-state index contributed by atoms with van der Waals surface area (Å²) in [5, 5.41) is 9.31. The molecule has 0 radical (unpaired) electrons. The molecule has 1 aromatic carbocycles. The number of amides is 2. The Morgan fingerprint density at radius 2 is 1.80 bits per heavy atom. The lowest BCUT2D eigenvalue weighted by Gasteiger charge is -2.37. The molecule has 2 saturated heterocycles. The quantitative estimate of drug-likeness (QED) is 0.331. The number of ether oxygens (including phenoxy) is 2. The fourth-order valence-corrected chi connectivity index (χ4v) is 4.99. The van der Waals surface area contributed by atoms with Crippen molar-refractivity contribution >= 4 is 23.3 Å². The first-order valence-corrected chi connectivity index (χ1v) is 13.8. The van der Waals surface area contributed by atoms with Gasteiger partial charge in [0, 0.05) is 47.3 Å². The number of carbonyl (C=O) groups is 1. The maximum absolute atomic E-state index is 12.4. The highest BCUT2D eigenvalue weighted by molar-refractivity contribution is 5.98. The summed E-state index contributed by atoms with van der Waals surface area (Å²) < 4.78 is 18.5. The molecule has 0 atom stereocenters. The van der Waals surface area contributed by atoms with Gasteiger partial charge in [0.25, 0.3) is 0 Å². The SMILES string of the molecule is CC(C)(C)c1cc(NC(=O)Nc2cn3cc(C#Cc4ccc(OCCN5CCC6(COC6)C5)cc4)ccc3n2)no1. The highest BCUT2D eigenvalue weighted by atomic mass is 16.5. The standard InChI is InChI=1S/C31H34N6O4/c1-30(2,3)25-16-26(35-41-25)33-29(38)34-27-18-37-17-23(8-11-28(37)32-27)5-4-22-6-9-24(10-7-22)40-15-14-36-13-12-31(19-36)20-39-21-31/h6-11,16-18H,12-15,19-21H2,1-3H3,(H2,33,34,35,38). The summed E-state index contributed by atoms with van der Waals surface area (Å²) in [7, 11) is 0. The van der Waals surface area contributed by atoms with Crippen molar-refractivity contribution in [3.05, 3.63) is 71.7 Å². The molecule has 0 saturated carbocycles. The number of benzene rings is 1. The van der Waals surface area contributed by atoms with Crippen molar-refractivity contribution in [3.63, 3.8) is 0 Å². The van der Waals surface area contributed by atoms with E-state index in [-0.39, 0.29) is 5.41 Å². The lowest BCUT2D eigenvalue weighted by atomic mass is 9.85. The Morgan fingerprint density at radius 1 is 1.05 bits per heavy atom. The molecule has 2 fully saturated rings. The van der Waals surface area contributed by atoms with E-state index < -0.39 is 6.03 Å². The van der Waals surface area contributed by atoms with E-state index in [1.165, 1.54) is 6.42 Å². The zero-order chi connectivity index (χ0) is 28.5. The number of likely N-dealkylation sites (tertiary alicyclic amines) is 1. The third kappa shape index (κ3) is 6.37. The average molecular weight is 555 g/mol. The normalized spacial score (nSPS) is 16.3. The van der Waals surface area contributed by atoms with Crippen molar-refractivity contribution in [1.29, 1.82) is 0 Å². The van der Waals surface area contributed by atoms with Crippen LogP contribution in [-0.4, -0.2) is 64.9 Å². The van der Waals surface area contributed by atoms with E-state index in [0.717, 1.165) is 49.7 Å². The lowest BCUT2D eigenvalue weighted by molar-refractivity contribution is -0.105. The number of hydrogen-bond donors (Lipinski definition) is 2. The van der Waals surface area contributed by atoms with Crippen LogP contribution in [0.25, 0.3) is 5.65 Å². The molecular weight excluding hydrogens is 520 g/mol. The van der Waals surface area contributed by atoms with Gasteiger partial charge < -0.3 is 18.4 Å². The number of nitrogens with zero attached hydrogens (tertiary/aromatic N) is 4. The summed E-state index contributed by atoms with van der Waals surface area (Å²) in [6.07, 6.45) is 4.84. The van der Waals surface area contributed by atoms with Gasteiger partial charge in [0.2, 0.25) is 0 Å². The molecule has 41 heavy (non-hydrogen) atoms. The topological polar surface area (TPSA) is 106 Å². The Balaban J connectivity index is 1.01. The average Bonchev–Trinajstić information content (AvgIpc) is 3.66. The molecule has 2 amide bonds. The largest absolute Gasteiger partial charge is 0.492 e. The van der Waals surface area contributed by atoms with E-state index in [2.05, 4.69) is 37.5 Å². The van der Waals surface area contributed by atoms with Crippen LogP contribution in [0.5, 0.6) is 5.75 Å². The van der Waals surface area contributed by atoms with Gasteiger partial charge in [-0.1, -0.05) is 37.8 Å². The van der Waals surface area contributed by atoms with Crippen LogP contribution >= 0.6 is 0 Å². The van der Waals surface area contributed by atoms with Crippen LogP contribution in [0.3, 0.4) is 0 Å². The molecule has 3 aromatic heterocycles. The van der Waals surface area contributed by atoms with E-state index in [1.807, 2.05) is 67.8 Å². The van der Waals surface area contributed by atoms with Gasteiger partial charge in [0.15, 0.2) is 11.6 Å². The number of nitrogens with one attached hydrogen (secondary N) is 2. The first-order chi connectivity index (χ1) is 19.7. The minimum atomic E-state index is -0.456. The molecule has 0 aliphatic carbocycles. The number of urea groups is 1. The number of aromatic nitrogens is 3. The lowest BCUT2D eigenvalue weighted by Crippen LogP contribution is -2.44. The van der Waals surface area contributed by atoms with Crippen LogP contribution in [-0.2, 0) is 10.2 Å². The van der Waals surface area contributed by atoms with Crippen LogP contribution in [0.2, 0.25) is 0 Å². The maximum Gasteiger partial charge on any atom is 0.326 e. The molecule has 5 heterocycles. The second-order valence-corrected chi connectivity index (χ2v) is 11.9. The highest BCUT2D eigenvalue weighted by Crippen LogP contribution is 2.37. The van der Waals surface area contributed by atoms with E-state index in [4.69, 9.17) is 14.0 Å². The Labute approximate surface area is 239 Å². The summed E-state index contributed by atoms with van der Waals surface area (Å²) >= 11 is 0. The zero-order valence-corrected chi connectivity index (χ0v) is 23.6. The van der Waals surface area contributed by atoms with Crippen LogP contribution in [0.1, 0.15) is 44.1 Å². The molecule has 4 aromatic rings.